The Balaban J connectivity index is 3.43. The third-order valence-corrected chi connectivity index (χ3v) is 2.76. The second kappa shape index (κ2) is 3.58. The van der Waals surface area contributed by atoms with Crippen LogP contribution in [0.25, 0.3) is 0 Å². The largest absolute Gasteiger partial charge is 0.280 e. The third-order valence-electron chi connectivity index (χ3n) is 1.71. The summed E-state index contributed by atoms with van der Waals surface area (Å²) in [6.45, 7) is 1.24. The Morgan fingerprint density at radius 2 is 2.07 bits per heavy atom. The van der Waals surface area contributed by atoms with Gasteiger partial charge in [0.1, 0.15) is 5.69 Å². The summed E-state index contributed by atoms with van der Waals surface area (Å²) in [5.41, 5.74) is -0.665. The normalized spacial score (nSPS) is 12.1. The minimum atomic E-state index is -3.96. The Kier molecular flexibility index (Phi) is 2.81. The molecule has 1 aromatic rings. The second-order valence-corrected chi connectivity index (χ2v) is 4.19. The van der Waals surface area contributed by atoms with Crippen molar-refractivity contribution in [3.8, 4) is 0 Å². The lowest BCUT2D eigenvalue weighted by atomic mass is 10.2. The molecule has 0 aromatic carbocycles. The van der Waals surface area contributed by atoms with Crippen LogP contribution in [0.2, 0.25) is 0 Å². The maximum absolute atomic E-state index is 12.3. The quantitative estimate of drug-likeness (QED) is 0.810. The van der Waals surface area contributed by atoms with E-state index in [4.69, 9.17) is 5.14 Å². The van der Waals surface area contributed by atoms with Crippen LogP contribution in [0, 0.1) is 6.92 Å². The number of hydrogen-bond donors (Lipinski definition) is 1. The zero-order valence-corrected chi connectivity index (χ0v) is 8.05. The smallest absolute Gasteiger partial charge is 0.255 e. The summed E-state index contributed by atoms with van der Waals surface area (Å²) in [4.78, 5) is 3.07. The molecule has 0 amide bonds. The van der Waals surface area contributed by atoms with Gasteiger partial charge in [0.15, 0.2) is 0 Å². The third kappa shape index (κ3) is 2.05. The van der Waals surface area contributed by atoms with E-state index in [1.54, 1.807) is 0 Å². The molecule has 0 bridgehead atoms. The van der Waals surface area contributed by atoms with Crippen LogP contribution in [0.5, 0.6) is 0 Å². The summed E-state index contributed by atoms with van der Waals surface area (Å²) in [6, 6.07) is 1.09. The fourth-order valence-corrected chi connectivity index (χ4v) is 1.84. The highest BCUT2D eigenvalue weighted by atomic mass is 32.2. The van der Waals surface area contributed by atoms with Crippen molar-refractivity contribution in [3.63, 3.8) is 0 Å². The summed E-state index contributed by atoms with van der Waals surface area (Å²) in [5.74, 6) is 0. The fraction of sp³-hybridized carbons (Fsp3) is 0.286. The fourth-order valence-electron chi connectivity index (χ4n) is 1.06. The van der Waals surface area contributed by atoms with E-state index in [9.17, 15) is 17.2 Å². The van der Waals surface area contributed by atoms with Crippen molar-refractivity contribution < 1.29 is 17.2 Å². The number of sulfonamides is 1. The lowest BCUT2D eigenvalue weighted by Gasteiger charge is -2.07. The van der Waals surface area contributed by atoms with Gasteiger partial charge >= 0.3 is 0 Å². The molecule has 7 heteroatoms. The van der Waals surface area contributed by atoms with Crippen molar-refractivity contribution in [3.05, 3.63) is 23.5 Å². The lowest BCUT2D eigenvalue weighted by Crippen LogP contribution is -2.15. The van der Waals surface area contributed by atoms with Crippen molar-refractivity contribution in [2.24, 2.45) is 5.14 Å². The Bertz CT molecular complexity index is 445. The molecular formula is C7H8F2N2O2S. The number of nitrogens with two attached hydrogens (primary N) is 1. The number of hydrogen-bond acceptors (Lipinski definition) is 3. The Hall–Kier alpha value is -1.08. The van der Waals surface area contributed by atoms with Crippen LogP contribution in [0.4, 0.5) is 8.78 Å². The van der Waals surface area contributed by atoms with Crippen LogP contribution in [0.3, 0.4) is 0 Å². The number of halogens is 2. The van der Waals surface area contributed by atoms with Gasteiger partial charge in [-0.25, -0.2) is 22.3 Å². The Morgan fingerprint density at radius 3 is 2.50 bits per heavy atom. The minimum Gasteiger partial charge on any atom is -0.255 e. The van der Waals surface area contributed by atoms with Gasteiger partial charge in [0.2, 0.25) is 10.0 Å². The van der Waals surface area contributed by atoms with Crippen molar-refractivity contribution in [2.75, 3.05) is 0 Å². The number of pyridine rings is 1. The van der Waals surface area contributed by atoms with E-state index >= 15 is 0 Å². The predicted octanol–water partition coefficient (Wildman–Crippen LogP) is 0.975. The summed E-state index contributed by atoms with van der Waals surface area (Å²) in [5, 5.41) is 4.83. The first-order valence-corrected chi connectivity index (χ1v) is 5.15. The highest BCUT2D eigenvalue weighted by molar-refractivity contribution is 7.89. The number of rotatable bonds is 2. The average molecular weight is 222 g/mol. The molecule has 0 atom stereocenters. The van der Waals surface area contributed by atoms with Gasteiger partial charge in [-0.05, 0) is 18.6 Å². The molecule has 0 saturated carbocycles. The topological polar surface area (TPSA) is 73.1 Å². The van der Waals surface area contributed by atoms with Gasteiger partial charge in [-0.1, -0.05) is 0 Å². The number of primary sulfonamides is 1. The standard InChI is InChI=1S/C7H8F2N2O2S/c1-4-5(14(10,12)13)2-3-11-6(4)7(8)9/h2-3,7H,1H3,(H2,10,12,13). The number of aromatic nitrogens is 1. The van der Waals surface area contributed by atoms with E-state index in [1.807, 2.05) is 0 Å². The molecule has 1 heterocycles. The molecule has 0 saturated heterocycles. The van der Waals surface area contributed by atoms with Crippen LogP contribution in [0.15, 0.2) is 17.2 Å². The van der Waals surface area contributed by atoms with Gasteiger partial charge in [0, 0.05) is 6.20 Å². The van der Waals surface area contributed by atoms with Gasteiger partial charge in [0.25, 0.3) is 6.43 Å². The van der Waals surface area contributed by atoms with Crippen molar-refractivity contribution in [1.82, 2.24) is 4.98 Å². The van der Waals surface area contributed by atoms with Gasteiger partial charge in [-0.3, -0.25) is 4.98 Å². The van der Waals surface area contributed by atoms with Crippen LogP contribution in [0.1, 0.15) is 17.7 Å². The molecule has 0 spiro atoms. The molecule has 1 rings (SSSR count). The van der Waals surface area contributed by atoms with Crippen LogP contribution < -0.4 is 5.14 Å². The SMILES string of the molecule is Cc1c(S(N)(=O)=O)ccnc1C(F)F. The average Bonchev–Trinajstić information content (AvgIpc) is 2.01. The van der Waals surface area contributed by atoms with Crippen LogP contribution >= 0.6 is 0 Å². The van der Waals surface area contributed by atoms with E-state index in [2.05, 4.69) is 4.98 Å². The van der Waals surface area contributed by atoms with Gasteiger partial charge in [-0.15, -0.1) is 0 Å². The molecule has 14 heavy (non-hydrogen) atoms. The monoisotopic (exact) mass is 222 g/mol. The molecule has 0 aliphatic heterocycles. The molecule has 1 aromatic heterocycles. The first-order chi connectivity index (χ1) is 6.34. The maximum Gasteiger partial charge on any atom is 0.280 e. The molecule has 0 radical (unpaired) electrons. The summed E-state index contributed by atoms with van der Waals surface area (Å²) >= 11 is 0. The molecule has 0 unspecified atom stereocenters. The lowest BCUT2D eigenvalue weighted by molar-refractivity contribution is 0.145. The summed E-state index contributed by atoms with van der Waals surface area (Å²) in [7, 11) is -3.96. The molecular weight excluding hydrogens is 214 g/mol. The highest BCUT2D eigenvalue weighted by Gasteiger charge is 2.19. The van der Waals surface area contributed by atoms with E-state index < -0.39 is 22.1 Å². The van der Waals surface area contributed by atoms with E-state index in [0.29, 0.717) is 0 Å². The minimum absolute atomic E-state index is 0.106. The predicted molar refractivity (Wildman–Crippen MR) is 45.3 cm³/mol. The van der Waals surface area contributed by atoms with Crippen molar-refractivity contribution >= 4 is 10.0 Å². The first kappa shape index (κ1) is 11.0. The molecule has 0 aliphatic carbocycles. The second-order valence-electron chi connectivity index (χ2n) is 2.67. The van der Waals surface area contributed by atoms with Gasteiger partial charge < -0.3 is 0 Å². The zero-order chi connectivity index (χ0) is 10.9. The number of alkyl halides is 2. The van der Waals surface area contributed by atoms with Crippen LogP contribution in [-0.4, -0.2) is 13.4 Å². The van der Waals surface area contributed by atoms with Gasteiger partial charge in [0.05, 0.1) is 4.90 Å². The Labute approximate surface area is 79.8 Å². The summed E-state index contributed by atoms with van der Waals surface area (Å²) in [6.07, 6.45) is -1.81. The van der Waals surface area contributed by atoms with Crippen LogP contribution in [-0.2, 0) is 10.0 Å². The molecule has 2 N–H and O–H groups in total. The summed E-state index contributed by atoms with van der Waals surface area (Å²) < 4.78 is 46.5. The molecule has 0 fully saturated rings. The van der Waals surface area contributed by atoms with E-state index in [-0.39, 0.29) is 10.5 Å². The maximum atomic E-state index is 12.3. The Morgan fingerprint density at radius 1 is 1.50 bits per heavy atom. The molecule has 0 aliphatic rings. The highest BCUT2D eigenvalue weighted by Crippen LogP contribution is 2.23. The van der Waals surface area contributed by atoms with Gasteiger partial charge in [-0.2, -0.15) is 0 Å². The zero-order valence-electron chi connectivity index (χ0n) is 7.24. The van der Waals surface area contributed by atoms with Crippen molar-refractivity contribution in [2.45, 2.75) is 18.2 Å². The molecule has 4 nitrogen and oxygen atoms in total. The molecule has 78 valence electrons. The van der Waals surface area contributed by atoms with E-state index in [0.717, 1.165) is 12.3 Å². The van der Waals surface area contributed by atoms with Crippen molar-refractivity contribution in [1.29, 1.82) is 0 Å². The first-order valence-electron chi connectivity index (χ1n) is 3.60. The van der Waals surface area contributed by atoms with E-state index in [1.165, 1.54) is 6.92 Å². The number of nitrogens with zero attached hydrogens (tertiary/aromatic N) is 1.